The Morgan fingerprint density at radius 3 is 2.78 bits per heavy atom. The van der Waals surface area contributed by atoms with Crippen molar-refractivity contribution in [3.8, 4) is 27.6 Å². The van der Waals surface area contributed by atoms with Gasteiger partial charge in [-0.3, -0.25) is 0 Å². The molecule has 0 bridgehead atoms. The monoisotopic (exact) mass is 262 g/mol. The Morgan fingerprint density at radius 1 is 1.28 bits per heavy atom. The van der Waals surface area contributed by atoms with Crippen molar-refractivity contribution in [2.24, 2.45) is 0 Å². The van der Waals surface area contributed by atoms with Crippen molar-refractivity contribution in [3.05, 3.63) is 30.1 Å². The van der Waals surface area contributed by atoms with Crippen LogP contribution in [0.5, 0.6) is 5.19 Å². The molecule has 0 radical (unpaired) electrons. The zero-order chi connectivity index (χ0) is 12.8. The van der Waals surface area contributed by atoms with Crippen LogP contribution in [0.2, 0.25) is 0 Å². The highest BCUT2D eigenvalue weighted by Gasteiger charge is 2.07. The van der Waals surface area contributed by atoms with E-state index in [1.54, 1.807) is 19.1 Å². The lowest BCUT2D eigenvalue weighted by molar-refractivity contribution is 0.322. The molecular formula is C13H11FN2OS. The lowest BCUT2D eigenvalue weighted by atomic mass is 10.2. The van der Waals surface area contributed by atoms with Gasteiger partial charge in [0.25, 0.3) is 5.19 Å². The topological polar surface area (TPSA) is 35.0 Å². The molecule has 0 spiro atoms. The van der Waals surface area contributed by atoms with E-state index >= 15 is 0 Å². The number of nitrogens with zero attached hydrogens (tertiary/aromatic N) is 2. The fraction of sp³-hybridized carbons (Fsp3) is 0.231. The van der Waals surface area contributed by atoms with Gasteiger partial charge in [-0.25, -0.2) is 4.39 Å². The third kappa shape index (κ3) is 3.28. The molecule has 0 saturated carbocycles. The van der Waals surface area contributed by atoms with Gasteiger partial charge in [0.1, 0.15) is 12.4 Å². The van der Waals surface area contributed by atoms with E-state index in [2.05, 4.69) is 22.0 Å². The Balaban J connectivity index is 2.00. The molecule has 0 amide bonds. The van der Waals surface area contributed by atoms with Gasteiger partial charge in [-0.05, 0) is 31.2 Å². The van der Waals surface area contributed by atoms with E-state index in [1.165, 1.54) is 23.5 Å². The molecule has 0 atom stereocenters. The van der Waals surface area contributed by atoms with E-state index in [0.717, 1.165) is 5.56 Å². The predicted octanol–water partition coefficient (Wildman–Crippen LogP) is 3.14. The maximum atomic E-state index is 12.8. The molecule has 2 aromatic rings. The molecule has 1 aromatic carbocycles. The molecule has 0 aliphatic rings. The molecule has 0 aliphatic carbocycles. The third-order valence-electron chi connectivity index (χ3n) is 2.13. The molecule has 5 heteroatoms. The molecule has 0 N–H and O–H groups in total. The maximum Gasteiger partial charge on any atom is 0.294 e. The molecule has 92 valence electrons. The van der Waals surface area contributed by atoms with Crippen molar-refractivity contribution in [1.29, 1.82) is 0 Å². The van der Waals surface area contributed by atoms with Crippen LogP contribution in [0.15, 0.2) is 24.3 Å². The van der Waals surface area contributed by atoms with Gasteiger partial charge in [0.15, 0.2) is 5.01 Å². The van der Waals surface area contributed by atoms with Crippen LogP contribution in [0.3, 0.4) is 0 Å². The van der Waals surface area contributed by atoms with Crippen LogP contribution in [-0.4, -0.2) is 16.8 Å². The fourth-order valence-electron chi connectivity index (χ4n) is 1.29. The summed E-state index contributed by atoms with van der Waals surface area (Å²) in [6.45, 7) is 2.29. The maximum absolute atomic E-state index is 12.8. The van der Waals surface area contributed by atoms with Crippen LogP contribution in [0.1, 0.15) is 13.3 Å². The second-order valence-electron chi connectivity index (χ2n) is 3.41. The zero-order valence-corrected chi connectivity index (χ0v) is 10.6. The van der Waals surface area contributed by atoms with Crippen molar-refractivity contribution in [2.75, 3.05) is 6.61 Å². The van der Waals surface area contributed by atoms with Crippen LogP contribution < -0.4 is 4.74 Å². The number of aromatic nitrogens is 2. The summed E-state index contributed by atoms with van der Waals surface area (Å²) in [5.74, 6) is 5.43. The first-order valence-corrected chi connectivity index (χ1v) is 6.23. The van der Waals surface area contributed by atoms with Crippen molar-refractivity contribution in [3.63, 3.8) is 0 Å². The number of rotatable bonds is 4. The molecule has 0 saturated heterocycles. The number of ether oxygens (including phenoxy) is 1. The summed E-state index contributed by atoms with van der Waals surface area (Å²) in [4.78, 5) is 0. The summed E-state index contributed by atoms with van der Waals surface area (Å²) in [6.07, 6.45) is 0.669. The summed E-state index contributed by atoms with van der Waals surface area (Å²) >= 11 is 1.33. The minimum atomic E-state index is -0.266. The second kappa shape index (κ2) is 6.12. The second-order valence-corrected chi connectivity index (χ2v) is 4.35. The lowest BCUT2D eigenvalue weighted by Crippen LogP contribution is -1.94. The summed E-state index contributed by atoms with van der Waals surface area (Å²) in [5.41, 5.74) is 0.831. The summed E-state index contributed by atoms with van der Waals surface area (Å²) in [7, 11) is 0. The van der Waals surface area contributed by atoms with E-state index in [4.69, 9.17) is 4.74 Å². The number of halogens is 1. The minimum Gasteiger partial charge on any atom is -0.468 e. The van der Waals surface area contributed by atoms with Crippen LogP contribution in [0.25, 0.3) is 10.6 Å². The van der Waals surface area contributed by atoms with E-state index in [0.29, 0.717) is 23.2 Å². The van der Waals surface area contributed by atoms with Gasteiger partial charge in [-0.1, -0.05) is 16.4 Å². The summed E-state index contributed by atoms with van der Waals surface area (Å²) in [6, 6.07) is 6.13. The van der Waals surface area contributed by atoms with Crippen LogP contribution >= 0.6 is 11.3 Å². The number of benzene rings is 1. The highest BCUT2D eigenvalue weighted by Crippen LogP contribution is 2.27. The van der Waals surface area contributed by atoms with Crippen molar-refractivity contribution < 1.29 is 9.13 Å². The average Bonchev–Trinajstić information content (AvgIpc) is 2.84. The van der Waals surface area contributed by atoms with Gasteiger partial charge in [-0.2, -0.15) is 0 Å². The molecule has 0 unspecified atom stereocenters. The Hall–Kier alpha value is -1.93. The van der Waals surface area contributed by atoms with E-state index in [1.807, 2.05) is 0 Å². The first-order valence-electron chi connectivity index (χ1n) is 5.41. The van der Waals surface area contributed by atoms with Crippen LogP contribution in [0, 0.1) is 17.7 Å². The lowest BCUT2D eigenvalue weighted by Gasteiger charge is -1.96. The Morgan fingerprint density at radius 2 is 2.06 bits per heavy atom. The first kappa shape index (κ1) is 12.5. The van der Waals surface area contributed by atoms with Crippen molar-refractivity contribution in [2.45, 2.75) is 13.3 Å². The summed E-state index contributed by atoms with van der Waals surface area (Å²) < 4.78 is 18.2. The SMILES string of the molecule is CC#CCCOc1nnc(-c2ccc(F)cc2)s1. The Bertz CT molecular complexity index is 569. The molecule has 0 fully saturated rings. The average molecular weight is 262 g/mol. The molecule has 18 heavy (non-hydrogen) atoms. The first-order chi connectivity index (χ1) is 8.79. The van der Waals surface area contributed by atoms with Gasteiger partial charge in [0.2, 0.25) is 0 Å². The zero-order valence-electron chi connectivity index (χ0n) is 9.81. The Labute approximate surface area is 109 Å². The normalized spacial score (nSPS) is 9.67. The van der Waals surface area contributed by atoms with Gasteiger partial charge >= 0.3 is 0 Å². The van der Waals surface area contributed by atoms with Crippen LogP contribution in [-0.2, 0) is 0 Å². The van der Waals surface area contributed by atoms with E-state index < -0.39 is 0 Å². The van der Waals surface area contributed by atoms with Gasteiger partial charge in [0.05, 0.1) is 0 Å². The standard InChI is InChI=1S/C13H11FN2OS/c1-2-3-4-9-17-13-16-15-12(18-13)10-5-7-11(14)8-6-10/h5-8H,4,9H2,1H3. The fourth-order valence-corrected chi connectivity index (χ4v) is 2.02. The van der Waals surface area contributed by atoms with Gasteiger partial charge in [0, 0.05) is 12.0 Å². The molecule has 2 rings (SSSR count). The molecule has 3 nitrogen and oxygen atoms in total. The smallest absolute Gasteiger partial charge is 0.294 e. The Kier molecular flexibility index (Phi) is 4.26. The van der Waals surface area contributed by atoms with Crippen molar-refractivity contribution >= 4 is 11.3 Å². The number of hydrogen-bond donors (Lipinski definition) is 0. The quantitative estimate of drug-likeness (QED) is 0.627. The third-order valence-corrected chi connectivity index (χ3v) is 3.01. The highest BCUT2D eigenvalue weighted by molar-refractivity contribution is 7.16. The van der Waals surface area contributed by atoms with E-state index in [9.17, 15) is 4.39 Å². The molecule has 1 aromatic heterocycles. The predicted molar refractivity (Wildman–Crippen MR) is 68.9 cm³/mol. The number of hydrogen-bond acceptors (Lipinski definition) is 4. The largest absolute Gasteiger partial charge is 0.468 e. The molecule has 0 aliphatic heterocycles. The van der Waals surface area contributed by atoms with Crippen molar-refractivity contribution in [1.82, 2.24) is 10.2 Å². The van der Waals surface area contributed by atoms with Gasteiger partial charge in [-0.15, -0.1) is 16.9 Å². The van der Waals surface area contributed by atoms with Crippen LogP contribution in [0.4, 0.5) is 4.39 Å². The molecular weight excluding hydrogens is 251 g/mol. The summed E-state index contributed by atoms with van der Waals surface area (Å²) in [5, 5.41) is 9.14. The highest BCUT2D eigenvalue weighted by atomic mass is 32.1. The van der Waals surface area contributed by atoms with E-state index in [-0.39, 0.29) is 5.82 Å². The minimum absolute atomic E-state index is 0.266. The molecule has 1 heterocycles. The van der Waals surface area contributed by atoms with Gasteiger partial charge < -0.3 is 4.74 Å².